The quantitative estimate of drug-likeness (QED) is 0.741. The van der Waals surface area contributed by atoms with E-state index in [9.17, 15) is 4.39 Å². The van der Waals surface area contributed by atoms with Crippen LogP contribution >= 0.6 is 0 Å². The van der Waals surface area contributed by atoms with E-state index in [0.29, 0.717) is 18.7 Å². The fraction of sp³-hybridized carbons (Fsp3) is 0.133. The molecule has 0 amide bonds. The van der Waals surface area contributed by atoms with Crippen LogP contribution in [0, 0.1) is 5.82 Å². The second kappa shape index (κ2) is 5.21. The molecule has 3 rings (SSSR count). The highest BCUT2D eigenvalue weighted by atomic mass is 19.1. The van der Waals surface area contributed by atoms with Crippen LogP contribution in [0.15, 0.2) is 42.5 Å². The van der Waals surface area contributed by atoms with Crippen LogP contribution in [0.25, 0.3) is 11.0 Å². The fourth-order valence-corrected chi connectivity index (χ4v) is 2.03. The first-order valence-electron chi connectivity index (χ1n) is 6.34. The monoisotopic (exact) mass is 268 g/mol. The van der Waals surface area contributed by atoms with Crippen LogP contribution in [0.1, 0.15) is 11.4 Å². The number of rotatable bonds is 3. The van der Waals surface area contributed by atoms with Crippen LogP contribution < -0.4 is 5.73 Å². The van der Waals surface area contributed by atoms with Crippen molar-refractivity contribution in [3.63, 3.8) is 0 Å². The van der Waals surface area contributed by atoms with E-state index in [1.165, 1.54) is 6.07 Å². The lowest BCUT2D eigenvalue weighted by Gasteiger charge is -2.03. The van der Waals surface area contributed by atoms with Gasteiger partial charge in [-0.15, -0.1) is 10.2 Å². The summed E-state index contributed by atoms with van der Waals surface area (Å²) in [6.45, 7) is 0. The summed E-state index contributed by atoms with van der Waals surface area (Å²) in [7, 11) is 0. The van der Waals surface area contributed by atoms with Crippen molar-refractivity contribution < 1.29 is 4.39 Å². The number of nitrogens with zero attached hydrogens (tertiary/aromatic N) is 3. The third-order valence-electron chi connectivity index (χ3n) is 3.10. The Labute approximate surface area is 115 Å². The molecule has 0 radical (unpaired) electrons. The third-order valence-corrected chi connectivity index (χ3v) is 3.10. The van der Waals surface area contributed by atoms with Crippen LogP contribution in [-0.4, -0.2) is 15.2 Å². The van der Waals surface area contributed by atoms with E-state index >= 15 is 0 Å². The van der Waals surface area contributed by atoms with Gasteiger partial charge in [0, 0.05) is 6.42 Å². The van der Waals surface area contributed by atoms with E-state index in [4.69, 9.17) is 5.73 Å². The van der Waals surface area contributed by atoms with Gasteiger partial charge in [-0.05, 0) is 36.2 Å². The zero-order valence-electron chi connectivity index (χ0n) is 10.8. The minimum atomic E-state index is -0.391. The van der Waals surface area contributed by atoms with E-state index in [1.54, 1.807) is 12.1 Å². The molecule has 2 N–H and O–H groups in total. The molecule has 0 aliphatic heterocycles. The van der Waals surface area contributed by atoms with Gasteiger partial charge in [-0.2, -0.15) is 0 Å². The minimum absolute atomic E-state index is 0.167. The summed E-state index contributed by atoms with van der Waals surface area (Å²) < 4.78 is 13.1. The Balaban J connectivity index is 1.77. The molecule has 100 valence electrons. The molecular formula is C15H13FN4. The lowest BCUT2D eigenvalue weighted by Crippen LogP contribution is -2.01. The highest BCUT2D eigenvalue weighted by molar-refractivity contribution is 5.72. The summed E-state index contributed by atoms with van der Waals surface area (Å²) in [5.74, 6) is 0.281. The summed E-state index contributed by atoms with van der Waals surface area (Å²) in [6, 6.07) is 12.3. The number of hydrogen-bond acceptors (Lipinski definition) is 4. The number of benzene rings is 2. The number of nitrogens with two attached hydrogens (primary N) is 1. The molecule has 2 aromatic carbocycles. The maximum absolute atomic E-state index is 13.1. The van der Waals surface area contributed by atoms with Gasteiger partial charge < -0.3 is 5.73 Å². The predicted molar refractivity (Wildman–Crippen MR) is 75.6 cm³/mol. The molecule has 1 heterocycles. The first kappa shape index (κ1) is 12.5. The Morgan fingerprint density at radius 3 is 2.55 bits per heavy atom. The van der Waals surface area contributed by atoms with Crippen LogP contribution in [0.3, 0.4) is 0 Å². The Hall–Kier alpha value is -2.56. The summed E-state index contributed by atoms with van der Waals surface area (Å²) in [4.78, 5) is 4.45. The predicted octanol–water partition coefficient (Wildman–Crippen LogP) is 2.53. The normalized spacial score (nSPS) is 10.8. The molecule has 0 spiro atoms. The zero-order chi connectivity index (χ0) is 13.9. The molecule has 0 fully saturated rings. The Kier molecular flexibility index (Phi) is 3.25. The number of halogens is 1. The van der Waals surface area contributed by atoms with Gasteiger partial charge in [-0.3, -0.25) is 0 Å². The van der Waals surface area contributed by atoms with Crippen molar-refractivity contribution >= 4 is 16.7 Å². The molecule has 3 aromatic rings. The smallest absolute Gasteiger partial charge is 0.151 e. The molecule has 0 bridgehead atoms. The lowest BCUT2D eigenvalue weighted by atomic mass is 10.1. The standard InChI is InChI=1S/C15H13FN4/c16-11-7-5-10(9-12(11)17)6-8-15-18-13-3-1-2-4-14(13)19-20-15/h1-5,7,9H,6,8,17H2. The first-order chi connectivity index (χ1) is 9.72. The maximum atomic E-state index is 13.1. The van der Waals surface area contributed by atoms with Crippen molar-refractivity contribution in [1.29, 1.82) is 0 Å². The molecule has 4 nitrogen and oxygen atoms in total. The molecule has 0 aliphatic rings. The number of nitrogen functional groups attached to an aromatic ring is 1. The van der Waals surface area contributed by atoms with Crippen molar-refractivity contribution in [3.05, 3.63) is 59.7 Å². The lowest BCUT2D eigenvalue weighted by molar-refractivity contribution is 0.631. The van der Waals surface area contributed by atoms with E-state index in [-0.39, 0.29) is 5.69 Å². The van der Waals surface area contributed by atoms with Gasteiger partial charge in [0.1, 0.15) is 11.3 Å². The van der Waals surface area contributed by atoms with Crippen molar-refractivity contribution in [3.8, 4) is 0 Å². The van der Waals surface area contributed by atoms with E-state index in [2.05, 4.69) is 15.2 Å². The van der Waals surface area contributed by atoms with E-state index < -0.39 is 5.82 Å². The van der Waals surface area contributed by atoms with Crippen molar-refractivity contribution in [2.75, 3.05) is 5.73 Å². The molecular weight excluding hydrogens is 255 g/mol. The fourth-order valence-electron chi connectivity index (χ4n) is 2.03. The molecule has 0 saturated carbocycles. The second-order valence-corrected chi connectivity index (χ2v) is 4.57. The summed E-state index contributed by atoms with van der Waals surface area (Å²) >= 11 is 0. The molecule has 0 atom stereocenters. The molecule has 0 aliphatic carbocycles. The molecule has 5 heteroatoms. The minimum Gasteiger partial charge on any atom is -0.396 e. The Morgan fingerprint density at radius 1 is 0.950 bits per heavy atom. The SMILES string of the molecule is Nc1cc(CCc2nnc3ccccc3n2)ccc1F. The van der Waals surface area contributed by atoms with E-state index in [1.807, 2.05) is 24.3 Å². The van der Waals surface area contributed by atoms with Gasteiger partial charge in [-0.25, -0.2) is 9.37 Å². The van der Waals surface area contributed by atoms with Crippen molar-refractivity contribution in [1.82, 2.24) is 15.2 Å². The summed E-state index contributed by atoms with van der Waals surface area (Å²) in [5.41, 5.74) is 8.28. The van der Waals surface area contributed by atoms with E-state index in [0.717, 1.165) is 16.6 Å². The summed E-state index contributed by atoms with van der Waals surface area (Å²) in [6.07, 6.45) is 1.34. The average Bonchev–Trinajstić information content (AvgIpc) is 2.48. The number of aryl methyl sites for hydroxylation is 2. The van der Waals surface area contributed by atoms with Gasteiger partial charge >= 0.3 is 0 Å². The molecule has 20 heavy (non-hydrogen) atoms. The number of anilines is 1. The van der Waals surface area contributed by atoms with Crippen LogP contribution in [0.4, 0.5) is 10.1 Å². The van der Waals surface area contributed by atoms with Crippen LogP contribution in [-0.2, 0) is 12.8 Å². The molecule has 0 saturated heterocycles. The molecule has 1 aromatic heterocycles. The van der Waals surface area contributed by atoms with Gasteiger partial charge in [0.15, 0.2) is 5.82 Å². The largest absolute Gasteiger partial charge is 0.396 e. The summed E-state index contributed by atoms with van der Waals surface area (Å²) in [5, 5.41) is 8.22. The van der Waals surface area contributed by atoms with Gasteiger partial charge in [-0.1, -0.05) is 18.2 Å². The van der Waals surface area contributed by atoms with Gasteiger partial charge in [0.25, 0.3) is 0 Å². The van der Waals surface area contributed by atoms with Gasteiger partial charge in [0.05, 0.1) is 11.2 Å². The topological polar surface area (TPSA) is 64.7 Å². The number of hydrogen-bond donors (Lipinski definition) is 1. The number of fused-ring (bicyclic) bond motifs is 1. The number of para-hydroxylation sites is 1. The van der Waals surface area contributed by atoms with Crippen LogP contribution in [0.5, 0.6) is 0 Å². The van der Waals surface area contributed by atoms with Crippen LogP contribution in [0.2, 0.25) is 0 Å². The maximum Gasteiger partial charge on any atom is 0.151 e. The second-order valence-electron chi connectivity index (χ2n) is 4.57. The average molecular weight is 268 g/mol. The zero-order valence-corrected chi connectivity index (χ0v) is 10.8. The van der Waals surface area contributed by atoms with Crippen molar-refractivity contribution in [2.45, 2.75) is 12.8 Å². The van der Waals surface area contributed by atoms with Gasteiger partial charge in [0.2, 0.25) is 0 Å². The first-order valence-corrected chi connectivity index (χ1v) is 6.34. The number of aromatic nitrogens is 3. The highest BCUT2D eigenvalue weighted by Gasteiger charge is 2.04. The Bertz CT molecular complexity index is 758. The Morgan fingerprint density at radius 2 is 1.75 bits per heavy atom. The van der Waals surface area contributed by atoms with Crippen molar-refractivity contribution in [2.24, 2.45) is 0 Å². The molecule has 0 unspecified atom stereocenters. The third kappa shape index (κ3) is 2.56. The highest BCUT2D eigenvalue weighted by Crippen LogP contribution is 2.14.